The van der Waals surface area contributed by atoms with Crippen molar-refractivity contribution in [3.8, 4) is 5.75 Å². The highest BCUT2D eigenvalue weighted by atomic mass is 19.1. The molecular weight excluding hydrogens is 230 g/mol. The number of hydrogen-bond donors (Lipinski definition) is 0. The third kappa shape index (κ3) is 2.97. The monoisotopic (exact) mass is 242 g/mol. The smallest absolute Gasteiger partial charge is 0.153 e. The van der Waals surface area contributed by atoms with Gasteiger partial charge in [-0.2, -0.15) is 0 Å². The molecule has 2 aromatic rings. The second kappa shape index (κ2) is 5.49. The molecule has 2 aromatic carbocycles. The SMILES string of the molecule is Bc1ccc(OCc2ccc(F)cc2)c(C=O)c1. The van der Waals surface area contributed by atoms with Crippen LogP contribution in [0.3, 0.4) is 0 Å². The van der Waals surface area contributed by atoms with E-state index in [1.165, 1.54) is 12.1 Å². The van der Waals surface area contributed by atoms with Crippen LogP contribution in [0.25, 0.3) is 0 Å². The normalized spacial score (nSPS) is 10.1. The van der Waals surface area contributed by atoms with Crippen LogP contribution < -0.4 is 10.2 Å². The minimum atomic E-state index is -0.275. The Kier molecular flexibility index (Phi) is 3.77. The van der Waals surface area contributed by atoms with Crippen LogP contribution in [-0.2, 0) is 6.61 Å². The highest BCUT2D eigenvalue weighted by molar-refractivity contribution is 6.32. The van der Waals surface area contributed by atoms with Crippen LogP contribution in [0, 0.1) is 5.82 Å². The molecule has 0 N–H and O–H groups in total. The van der Waals surface area contributed by atoms with Crippen LogP contribution in [-0.4, -0.2) is 14.1 Å². The number of aldehydes is 1. The van der Waals surface area contributed by atoms with Crippen molar-refractivity contribution in [1.29, 1.82) is 0 Å². The number of carbonyl (C=O) groups excluding carboxylic acids is 1. The Balaban J connectivity index is 2.10. The molecule has 0 bridgehead atoms. The van der Waals surface area contributed by atoms with Crippen LogP contribution in [0.15, 0.2) is 42.5 Å². The molecule has 0 radical (unpaired) electrons. The summed E-state index contributed by atoms with van der Waals surface area (Å²) in [5.41, 5.74) is 2.39. The van der Waals surface area contributed by atoms with Crippen molar-refractivity contribution in [3.63, 3.8) is 0 Å². The highest BCUT2D eigenvalue weighted by Crippen LogP contribution is 2.16. The summed E-state index contributed by atoms with van der Waals surface area (Å²) in [6, 6.07) is 11.5. The summed E-state index contributed by atoms with van der Waals surface area (Å²) < 4.78 is 18.3. The molecule has 2 rings (SSSR count). The summed E-state index contributed by atoms with van der Waals surface area (Å²) in [6.45, 7) is 0.310. The molecule has 0 unspecified atom stereocenters. The van der Waals surface area contributed by atoms with E-state index in [9.17, 15) is 9.18 Å². The van der Waals surface area contributed by atoms with Gasteiger partial charge in [0.05, 0.1) is 5.56 Å². The van der Waals surface area contributed by atoms with E-state index in [2.05, 4.69) is 0 Å². The van der Waals surface area contributed by atoms with Gasteiger partial charge in [0, 0.05) is 0 Å². The van der Waals surface area contributed by atoms with Gasteiger partial charge in [-0.3, -0.25) is 4.79 Å². The fourth-order valence-electron chi connectivity index (χ4n) is 1.63. The van der Waals surface area contributed by atoms with Crippen LogP contribution in [0.1, 0.15) is 15.9 Å². The summed E-state index contributed by atoms with van der Waals surface area (Å²) in [5.74, 6) is 0.266. The Bertz CT molecular complexity index is 552. The molecule has 0 atom stereocenters. The number of halogens is 1. The fraction of sp³-hybridized carbons (Fsp3) is 0.0714. The minimum absolute atomic E-state index is 0.275. The molecule has 0 aliphatic rings. The fourth-order valence-corrected chi connectivity index (χ4v) is 1.63. The van der Waals surface area contributed by atoms with Crippen molar-refractivity contribution in [1.82, 2.24) is 0 Å². The van der Waals surface area contributed by atoms with E-state index in [0.29, 0.717) is 17.9 Å². The predicted molar refractivity (Wildman–Crippen MR) is 70.7 cm³/mol. The van der Waals surface area contributed by atoms with Gasteiger partial charge in [0.2, 0.25) is 0 Å². The molecule has 0 saturated carbocycles. The van der Waals surface area contributed by atoms with Gasteiger partial charge >= 0.3 is 0 Å². The molecule has 0 saturated heterocycles. The van der Waals surface area contributed by atoms with E-state index >= 15 is 0 Å². The molecule has 90 valence electrons. The summed E-state index contributed by atoms with van der Waals surface area (Å²) in [6.07, 6.45) is 0.771. The molecule has 0 aliphatic carbocycles. The first kappa shape index (κ1) is 12.4. The molecule has 0 aliphatic heterocycles. The Morgan fingerprint density at radius 3 is 2.56 bits per heavy atom. The number of hydrogen-bond acceptors (Lipinski definition) is 2. The van der Waals surface area contributed by atoms with E-state index in [-0.39, 0.29) is 5.82 Å². The molecule has 0 fully saturated rings. The predicted octanol–water partition coefficient (Wildman–Crippen LogP) is 1.48. The zero-order valence-corrected chi connectivity index (χ0v) is 10.0. The molecule has 0 aromatic heterocycles. The summed E-state index contributed by atoms with van der Waals surface area (Å²) in [5, 5.41) is 0. The van der Waals surface area contributed by atoms with Crippen molar-refractivity contribution in [2.45, 2.75) is 6.61 Å². The van der Waals surface area contributed by atoms with E-state index in [1.807, 2.05) is 13.9 Å². The van der Waals surface area contributed by atoms with Gasteiger partial charge in [0.15, 0.2) is 6.29 Å². The number of ether oxygens (including phenoxy) is 1. The van der Waals surface area contributed by atoms with Crippen molar-refractivity contribution >= 4 is 19.6 Å². The third-order valence-electron chi connectivity index (χ3n) is 2.60. The van der Waals surface area contributed by atoms with E-state index < -0.39 is 0 Å². The minimum Gasteiger partial charge on any atom is -0.488 e. The lowest BCUT2D eigenvalue weighted by molar-refractivity contribution is 0.111. The maximum Gasteiger partial charge on any atom is 0.153 e. The Labute approximate surface area is 106 Å². The summed E-state index contributed by atoms with van der Waals surface area (Å²) in [4.78, 5) is 10.9. The molecule has 0 amide bonds. The van der Waals surface area contributed by atoms with Crippen LogP contribution in [0.2, 0.25) is 0 Å². The molecule has 2 nitrogen and oxygen atoms in total. The number of benzene rings is 2. The van der Waals surface area contributed by atoms with Crippen LogP contribution in [0.4, 0.5) is 4.39 Å². The van der Waals surface area contributed by atoms with E-state index in [0.717, 1.165) is 17.3 Å². The standard InChI is InChI=1S/C14H12BFO2/c15-12-3-6-14(11(7-12)8-17)18-9-10-1-4-13(16)5-2-10/h1-8H,9,15H2. The second-order valence-corrected chi connectivity index (χ2v) is 4.07. The van der Waals surface area contributed by atoms with Gasteiger partial charge in [-0.25, -0.2) is 4.39 Å². The first-order valence-electron chi connectivity index (χ1n) is 5.62. The van der Waals surface area contributed by atoms with E-state index in [4.69, 9.17) is 4.74 Å². The zero-order valence-electron chi connectivity index (χ0n) is 10.0. The van der Waals surface area contributed by atoms with Crippen LogP contribution >= 0.6 is 0 Å². The van der Waals surface area contributed by atoms with Gasteiger partial charge in [-0.05, 0) is 23.8 Å². The quantitative estimate of drug-likeness (QED) is 0.599. The molecule has 0 heterocycles. The average Bonchev–Trinajstić information content (AvgIpc) is 2.39. The lowest BCUT2D eigenvalue weighted by Gasteiger charge is -2.09. The third-order valence-corrected chi connectivity index (χ3v) is 2.60. The summed E-state index contributed by atoms with van der Waals surface area (Å²) in [7, 11) is 1.91. The Morgan fingerprint density at radius 1 is 1.17 bits per heavy atom. The van der Waals surface area contributed by atoms with Crippen molar-refractivity contribution in [2.24, 2.45) is 0 Å². The van der Waals surface area contributed by atoms with Gasteiger partial charge in [0.25, 0.3) is 0 Å². The molecule has 0 spiro atoms. The Hall–Kier alpha value is -2.10. The summed E-state index contributed by atoms with van der Waals surface area (Å²) >= 11 is 0. The highest BCUT2D eigenvalue weighted by Gasteiger charge is 2.03. The van der Waals surface area contributed by atoms with Gasteiger partial charge in [-0.1, -0.05) is 29.7 Å². The van der Waals surface area contributed by atoms with Gasteiger partial charge < -0.3 is 4.74 Å². The lowest BCUT2D eigenvalue weighted by Crippen LogP contribution is -2.05. The maximum atomic E-state index is 12.7. The van der Waals surface area contributed by atoms with Crippen molar-refractivity contribution < 1.29 is 13.9 Å². The van der Waals surface area contributed by atoms with Crippen molar-refractivity contribution in [2.75, 3.05) is 0 Å². The number of carbonyl (C=O) groups is 1. The van der Waals surface area contributed by atoms with Gasteiger partial charge in [-0.15, -0.1) is 0 Å². The second-order valence-electron chi connectivity index (χ2n) is 4.07. The molecule has 18 heavy (non-hydrogen) atoms. The van der Waals surface area contributed by atoms with Crippen LogP contribution in [0.5, 0.6) is 5.75 Å². The van der Waals surface area contributed by atoms with Gasteiger partial charge in [0.1, 0.15) is 26.0 Å². The van der Waals surface area contributed by atoms with E-state index in [1.54, 1.807) is 24.3 Å². The topological polar surface area (TPSA) is 26.3 Å². The lowest BCUT2D eigenvalue weighted by atomic mass is 9.94. The molecular formula is C14H12BFO2. The average molecular weight is 242 g/mol. The zero-order chi connectivity index (χ0) is 13.0. The maximum absolute atomic E-state index is 12.7. The molecule has 4 heteroatoms. The Morgan fingerprint density at radius 2 is 1.89 bits per heavy atom. The first-order valence-corrected chi connectivity index (χ1v) is 5.62. The van der Waals surface area contributed by atoms with Crippen molar-refractivity contribution in [3.05, 3.63) is 59.4 Å². The largest absolute Gasteiger partial charge is 0.488 e. The first-order chi connectivity index (χ1) is 8.69. The number of rotatable bonds is 4.